The van der Waals surface area contributed by atoms with Gasteiger partial charge in [0.2, 0.25) is 5.91 Å². The van der Waals surface area contributed by atoms with Gasteiger partial charge in [-0.05, 0) is 48.4 Å². The third-order valence-electron chi connectivity index (χ3n) is 4.49. The second kappa shape index (κ2) is 7.89. The summed E-state index contributed by atoms with van der Waals surface area (Å²) in [7, 11) is -3.78. The number of amides is 2. The van der Waals surface area contributed by atoms with Gasteiger partial charge in [-0.2, -0.15) is 0 Å². The van der Waals surface area contributed by atoms with Crippen molar-refractivity contribution in [3.8, 4) is 0 Å². The van der Waals surface area contributed by atoms with Crippen LogP contribution in [0.4, 0.5) is 0 Å². The lowest BCUT2D eigenvalue weighted by Crippen LogP contribution is -2.38. The topological polar surface area (TPSA) is 118 Å². The Hall–Kier alpha value is -2.71. The molecular weight excluding hydrogens is 366 g/mol. The fourth-order valence-corrected chi connectivity index (χ4v) is 4.25. The molecule has 8 heteroatoms. The van der Waals surface area contributed by atoms with E-state index in [2.05, 4.69) is 22.8 Å². The van der Waals surface area contributed by atoms with Crippen LogP contribution in [0, 0.1) is 0 Å². The SMILES string of the molecule is NC(=O)CS(=O)(=O)c1ccc(C(=O)NCC2NCCc3ccccc32)cc1. The van der Waals surface area contributed by atoms with Crippen molar-refractivity contribution >= 4 is 21.7 Å². The average Bonchev–Trinajstić information content (AvgIpc) is 2.65. The number of hydrogen-bond donors (Lipinski definition) is 3. The molecule has 2 aromatic rings. The smallest absolute Gasteiger partial charge is 0.251 e. The molecule has 1 heterocycles. The van der Waals surface area contributed by atoms with E-state index in [9.17, 15) is 18.0 Å². The maximum atomic E-state index is 12.4. The molecule has 7 nitrogen and oxygen atoms in total. The van der Waals surface area contributed by atoms with E-state index in [4.69, 9.17) is 5.73 Å². The first-order valence-corrected chi connectivity index (χ1v) is 10.2. The van der Waals surface area contributed by atoms with E-state index in [1.807, 2.05) is 12.1 Å². The van der Waals surface area contributed by atoms with Crippen molar-refractivity contribution in [2.75, 3.05) is 18.8 Å². The summed E-state index contributed by atoms with van der Waals surface area (Å²) >= 11 is 0. The molecule has 0 aromatic heterocycles. The molecule has 27 heavy (non-hydrogen) atoms. The highest BCUT2D eigenvalue weighted by Crippen LogP contribution is 2.22. The lowest BCUT2D eigenvalue weighted by molar-refractivity contribution is -0.115. The molecule has 0 radical (unpaired) electrons. The number of fused-ring (bicyclic) bond motifs is 1. The van der Waals surface area contributed by atoms with Crippen LogP contribution >= 0.6 is 0 Å². The Kier molecular flexibility index (Phi) is 5.57. The highest BCUT2D eigenvalue weighted by Gasteiger charge is 2.21. The standard InChI is InChI=1S/C19H21N3O4S/c20-18(23)12-27(25,26)15-7-5-14(6-8-15)19(24)22-11-17-16-4-2-1-3-13(16)9-10-21-17/h1-8,17,21H,9-12H2,(H2,20,23)(H,22,24). The van der Waals surface area contributed by atoms with Crippen LogP contribution in [0.3, 0.4) is 0 Å². The van der Waals surface area contributed by atoms with Crippen molar-refractivity contribution in [1.82, 2.24) is 10.6 Å². The summed E-state index contributed by atoms with van der Waals surface area (Å²) in [5.41, 5.74) is 7.75. The van der Waals surface area contributed by atoms with Crippen molar-refractivity contribution in [3.63, 3.8) is 0 Å². The van der Waals surface area contributed by atoms with E-state index >= 15 is 0 Å². The fourth-order valence-electron chi connectivity index (χ4n) is 3.16. The van der Waals surface area contributed by atoms with E-state index in [1.165, 1.54) is 35.4 Å². The molecule has 1 atom stereocenters. The van der Waals surface area contributed by atoms with Gasteiger partial charge in [0, 0.05) is 18.2 Å². The van der Waals surface area contributed by atoms with Crippen LogP contribution in [-0.4, -0.2) is 39.1 Å². The highest BCUT2D eigenvalue weighted by molar-refractivity contribution is 7.92. The van der Waals surface area contributed by atoms with Crippen LogP contribution in [0.1, 0.15) is 27.5 Å². The van der Waals surface area contributed by atoms with Crippen LogP contribution in [0.15, 0.2) is 53.4 Å². The molecule has 4 N–H and O–H groups in total. The quantitative estimate of drug-likeness (QED) is 0.669. The third kappa shape index (κ3) is 4.53. The molecule has 0 saturated carbocycles. The highest BCUT2D eigenvalue weighted by atomic mass is 32.2. The van der Waals surface area contributed by atoms with E-state index < -0.39 is 21.5 Å². The van der Waals surface area contributed by atoms with Crippen molar-refractivity contribution in [2.24, 2.45) is 5.73 Å². The van der Waals surface area contributed by atoms with Gasteiger partial charge < -0.3 is 16.4 Å². The van der Waals surface area contributed by atoms with Crippen molar-refractivity contribution in [1.29, 1.82) is 0 Å². The molecule has 1 aliphatic rings. The zero-order valence-corrected chi connectivity index (χ0v) is 15.5. The summed E-state index contributed by atoms with van der Waals surface area (Å²) in [5.74, 6) is -1.97. The number of carbonyl (C=O) groups is 2. The molecule has 2 amide bonds. The van der Waals surface area contributed by atoms with E-state index in [1.54, 1.807) is 0 Å². The first-order chi connectivity index (χ1) is 12.9. The van der Waals surface area contributed by atoms with E-state index in [-0.39, 0.29) is 16.8 Å². The second-order valence-electron chi connectivity index (χ2n) is 6.42. The third-order valence-corrected chi connectivity index (χ3v) is 6.15. The Morgan fingerprint density at radius 3 is 2.52 bits per heavy atom. The minimum absolute atomic E-state index is 0.0362. The first kappa shape index (κ1) is 19.1. The maximum Gasteiger partial charge on any atom is 0.251 e. The summed E-state index contributed by atoms with van der Waals surface area (Å²) in [4.78, 5) is 23.2. The van der Waals surface area contributed by atoms with Gasteiger partial charge in [-0.3, -0.25) is 9.59 Å². The van der Waals surface area contributed by atoms with Crippen LogP contribution in [-0.2, 0) is 21.1 Å². The van der Waals surface area contributed by atoms with Gasteiger partial charge in [0.15, 0.2) is 9.84 Å². The molecule has 3 rings (SSSR count). The maximum absolute atomic E-state index is 12.4. The second-order valence-corrected chi connectivity index (χ2v) is 8.40. The van der Waals surface area contributed by atoms with Crippen molar-refractivity contribution in [2.45, 2.75) is 17.4 Å². The number of rotatable bonds is 6. The van der Waals surface area contributed by atoms with E-state index in [0.717, 1.165) is 13.0 Å². The van der Waals surface area contributed by atoms with Gasteiger partial charge >= 0.3 is 0 Å². The summed E-state index contributed by atoms with van der Waals surface area (Å²) in [6, 6.07) is 13.6. The van der Waals surface area contributed by atoms with Crippen molar-refractivity contribution < 1.29 is 18.0 Å². The van der Waals surface area contributed by atoms with Crippen LogP contribution in [0.5, 0.6) is 0 Å². The number of nitrogens with one attached hydrogen (secondary N) is 2. The Bertz CT molecular complexity index is 955. The molecule has 0 bridgehead atoms. The zero-order valence-electron chi connectivity index (χ0n) is 14.6. The predicted octanol–water partition coefficient (Wildman–Crippen LogP) is 0.562. The molecular formula is C19H21N3O4S. The minimum Gasteiger partial charge on any atom is -0.369 e. The van der Waals surface area contributed by atoms with Gasteiger partial charge in [-0.1, -0.05) is 24.3 Å². The summed E-state index contributed by atoms with van der Waals surface area (Å²) < 4.78 is 23.9. The van der Waals surface area contributed by atoms with E-state index in [0.29, 0.717) is 12.1 Å². The molecule has 1 unspecified atom stereocenters. The molecule has 0 spiro atoms. The Morgan fingerprint density at radius 2 is 1.81 bits per heavy atom. The average molecular weight is 387 g/mol. The predicted molar refractivity (Wildman–Crippen MR) is 101 cm³/mol. The van der Waals surface area contributed by atoms with Gasteiger partial charge in [0.1, 0.15) is 5.75 Å². The van der Waals surface area contributed by atoms with Gasteiger partial charge in [-0.15, -0.1) is 0 Å². The monoisotopic (exact) mass is 387 g/mol. The molecule has 0 fully saturated rings. The molecule has 142 valence electrons. The number of hydrogen-bond acceptors (Lipinski definition) is 5. The van der Waals surface area contributed by atoms with Gasteiger partial charge in [-0.25, -0.2) is 8.42 Å². The number of nitrogens with two attached hydrogens (primary N) is 1. The van der Waals surface area contributed by atoms with Crippen LogP contribution in [0.25, 0.3) is 0 Å². The van der Waals surface area contributed by atoms with Gasteiger partial charge in [0.05, 0.1) is 4.90 Å². The lowest BCUT2D eigenvalue weighted by atomic mass is 9.94. The molecule has 0 saturated heterocycles. The normalized spacial score (nSPS) is 16.4. The first-order valence-electron chi connectivity index (χ1n) is 8.57. The summed E-state index contributed by atoms with van der Waals surface area (Å²) in [6.07, 6.45) is 0.960. The number of carbonyl (C=O) groups excluding carboxylic acids is 2. The summed E-state index contributed by atoms with van der Waals surface area (Å²) in [5, 5.41) is 6.27. The molecule has 2 aromatic carbocycles. The fraction of sp³-hybridized carbons (Fsp3) is 0.263. The number of sulfone groups is 1. The minimum atomic E-state index is -3.78. The Morgan fingerprint density at radius 1 is 1.11 bits per heavy atom. The lowest BCUT2D eigenvalue weighted by Gasteiger charge is -2.27. The Balaban J connectivity index is 1.65. The Labute approximate surface area is 157 Å². The zero-order chi connectivity index (χ0) is 19.4. The molecule has 1 aliphatic heterocycles. The molecule has 0 aliphatic carbocycles. The van der Waals surface area contributed by atoms with Gasteiger partial charge in [0.25, 0.3) is 5.91 Å². The largest absolute Gasteiger partial charge is 0.369 e. The summed E-state index contributed by atoms with van der Waals surface area (Å²) in [6.45, 7) is 1.28. The number of primary amides is 1. The van der Waals surface area contributed by atoms with Crippen LogP contribution in [0.2, 0.25) is 0 Å². The van der Waals surface area contributed by atoms with Crippen LogP contribution < -0.4 is 16.4 Å². The number of benzene rings is 2. The van der Waals surface area contributed by atoms with Crippen molar-refractivity contribution in [3.05, 3.63) is 65.2 Å².